The molecule has 2 aromatic carbocycles. The fourth-order valence-corrected chi connectivity index (χ4v) is 3.46. The first kappa shape index (κ1) is 16.5. The van der Waals surface area contributed by atoms with Gasteiger partial charge in [0, 0.05) is 5.56 Å². The van der Waals surface area contributed by atoms with E-state index in [2.05, 4.69) is 45.3 Å². The largest absolute Gasteiger partial charge is 0.379 e. The van der Waals surface area contributed by atoms with Crippen molar-refractivity contribution in [1.82, 2.24) is 25.4 Å². The summed E-state index contributed by atoms with van der Waals surface area (Å²) in [7, 11) is 0. The lowest BCUT2D eigenvalue weighted by Gasteiger charge is -2.29. The molecule has 2 aromatic heterocycles. The molecule has 0 aliphatic carbocycles. The molecule has 0 aliphatic rings. The second-order valence-corrected chi connectivity index (χ2v) is 7.06. The van der Waals surface area contributed by atoms with Crippen LogP contribution in [0.5, 0.6) is 0 Å². The van der Waals surface area contributed by atoms with E-state index in [4.69, 9.17) is 0 Å². The minimum atomic E-state index is -1.09. The molecule has 26 heavy (non-hydrogen) atoms. The zero-order chi connectivity index (χ0) is 18.1. The van der Waals surface area contributed by atoms with Crippen molar-refractivity contribution in [3.05, 3.63) is 66.4 Å². The number of H-pyrrole nitrogens is 2. The van der Waals surface area contributed by atoms with E-state index in [1.54, 1.807) is 18.7 Å². The molecule has 0 spiro atoms. The Morgan fingerprint density at radius 2 is 1.88 bits per heavy atom. The maximum absolute atomic E-state index is 11.5. The predicted molar refractivity (Wildman–Crippen MR) is 100 cm³/mol. The summed E-state index contributed by atoms with van der Waals surface area (Å²) in [6.07, 6.45) is 5.61. The Hall–Kier alpha value is -2.99. The number of benzene rings is 2. The normalized spacial score (nSPS) is 14.0. The van der Waals surface area contributed by atoms with Crippen molar-refractivity contribution in [2.24, 2.45) is 5.92 Å². The maximum Gasteiger partial charge on any atom is 0.131 e. The molecular weight excluding hydrogens is 326 g/mol. The van der Waals surface area contributed by atoms with Crippen molar-refractivity contribution < 1.29 is 5.11 Å². The molecular formula is C20H21N5O. The average molecular weight is 347 g/mol. The molecule has 6 nitrogen and oxygen atoms in total. The predicted octanol–water partition coefficient (Wildman–Crippen LogP) is 3.63. The molecule has 0 saturated heterocycles. The first-order chi connectivity index (χ1) is 12.6. The molecule has 4 rings (SSSR count). The Kier molecular flexibility index (Phi) is 4.05. The van der Waals surface area contributed by atoms with Crippen molar-refractivity contribution in [2.75, 3.05) is 0 Å². The zero-order valence-corrected chi connectivity index (χ0v) is 14.8. The van der Waals surface area contributed by atoms with Crippen LogP contribution in [0, 0.1) is 5.92 Å². The van der Waals surface area contributed by atoms with Gasteiger partial charge in [-0.15, -0.1) is 0 Å². The third kappa shape index (κ3) is 2.88. The average Bonchev–Trinajstić information content (AvgIpc) is 3.34. The second kappa shape index (κ2) is 6.38. The number of imidazole rings is 1. The van der Waals surface area contributed by atoms with Crippen molar-refractivity contribution in [1.29, 1.82) is 0 Å². The molecule has 0 amide bonds. The fraction of sp³-hybridized carbons (Fsp3) is 0.250. The van der Waals surface area contributed by atoms with Crippen LogP contribution in [-0.4, -0.2) is 30.5 Å². The van der Waals surface area contributed by atoms with Crippen molar-refractivity contribution >= 4 is 10.8 Å². The van der Waals surface area contributed by atoms with Crippen LogP contribution in [0.25, 0.3) is 22.0 Å². The van der Waals surface area contributed by atoms with Gasteiger partial charge in [-0.25, -0.2) is 4.98 Å². The highest BCUT2D eigenvalue weighted by Gasteiger charge is 2.34. The van der Waals surface area contributed by atoms with E-state index in [0.717, 1.165) is 27.6 Å². The van der Waals surface area contributed by atoms with Crippen LogP contribution >= 0.6 is 0 Å². The molecule has 1 unspecified atom stereocenters. The Balaban J connectivity index is 1.79. The van der Waals surface area contributed by atoms with Gasteiger partial charge >= 0.3 is 0 Å². The maximum atomic E-state index is 11.5. The third-order valence-corrected chi connectivity index (χ3v) is 4.68. The number of aliphatic hydroxyl groups is 1. The van der Waals surface area contributed by atoms with Crippen LogP contribution in [-0.2, 0) is 5.60 Å². The Morgan fingerprint density at radius 1 is 1.08 bits per heavy atom. The van der Waals surface area contributed by atoms with Gasteiger partial charge in [0.05, 0.1) is 24.4 Å². The number of aromatic nitrogens is 5. The number of fused-ring (bicyclic) bond motifs is 1. The van der Waals surface area contributed by atoms with Gasteiger partial charge < -0.3 is 10.1 Å². The van der Waals surface area contributed by atoms with Gasteiger partial charge in [-0.2, -0.15) is 15.4 Å². The van der Waals surface area contributed by atoms with Gasteiger partial charge in [0.25, 0.3) is 0 Å². The number of nitrogens with zero attached hydrogens (tertiary/aromatic N) is 3. The lowest BCUT2D eigenvalue weighted by molar-refractivity contribution is 0.0536. The monoisotopic (exact) mass is 347 g/mol. The SMILES string of the molecule is CC(C)CC(O)(c1ccc2cc(-c3cn[nH]n3)ccc2c1)c1cnc[nH]1. The zero-order valence-electron chi connectivity index (χ0n) is 14.8. The highest BCUT2D eigenvalue weighted by atomic mass is 16.3. The van der Waals surface area contributed by atoms with E-state index >= 15 is 0 Å². The Bertz CT molecular complexity index is 1010. The molecule has 0 radical (unpaired) electrons. The van der Waals surface area contributed by atoms with Gasteiger partial charge in [-0.3, -0.25) is 0 Å². The quantitative estimate of drug-likeness (QED) is 0.514. The third-order valence-electron chi connectivity index (χ3n) is 4.68. The van der Waals surface area contributed by atoms with Crippen LogP contribution < -0.4 is 0 Å². The van der Waals surface area contributed by atoms with E-state index in [1.165, 1.54) is 0 Å². The summed E-state index contributed by atoms with van der Waals surface area (Å²) in [6, 6.07) is 12.2. The fourth-order valence-electron chi connectivity index (χ4n) is 3.46. The molecule has 0 bridgehead atoms. The number of hydrogen-bond acceptors (Lipinski definition) is 4. The molecule has 0 fully saturated rings. The van der Waals surface area contributed by atoms with Crippen LogP contribution in [0.4, 0.5) is 0 Å². The van der Waals surface area contributed by atoms with Crippen LogP contribution in [0.15, 0.2) is 55.1 Å². The first-order valence-electron chi connectivity index (χ1n) is 8.68. The molecule has 0 saturated carbocycles. The number of hydrogen-bond donors (Lipinski definition) is 3. The molecule has 3 N–H and O–H groups in total. The summed E-state index contributed by atoms with van der Waals surface area (Å²) >= 11 is 0. The van der Waals surface area contributed by atoms with Crippen molar-refractivity contribution in [2.45, 2.75) is 25.9 Å². The lowest BCUT2D eigenvalue weighted by Crippen LogP contribution is -2.29. The molecule has 6 heteroatoms. The van der Waals surface area contributed by atoms with Gasteiger partial charge in [0.1, 0.15) is 11.3 Å². The molecule has 1 atom stereocenters. The van der Waals surface area contributed by atoms with Crippen molar-refractivity contribution in [3.8, 4) is 11.3 Å². The van der Waals surface area contributed by atoms with E-state index in [9.17, 15) is 5.11 Å². The summed E-state index contributed by atoms with van der Waals surface area (Å²) in [5, 5.41) is 24.3. The molecule has 4 aromatic rings. The number of aromatic amines is 2. The first-order valence-corrected chi connectivity index (χ1v) is 8.68. The highest BCUT2D eigenvalue weighted by Crippen LogP contribution is 2.36. The minimum absolute atomic E-state index is 0.327. The second-order valence-electron chi connectivity index (χ2n) is 7.06. The van der Waals surface area contributed by atoms with Gasteiger partial charge in [-0.05, 0) is 40.8 Å². The summed E-state index contributed by atoms with van der Waals surface area (Å²) in [5.41, 5.74) is 2.29. The Labute approximate surface area is 151 Å². The van der Waals surface area contributed by atoms with Gasteiger partial charge in [-0.1, -0.05) is 38.1 Å². The minimum Gasteiger partial charge on any atom is -0.379 e. The molecule has 0 aliphatic heterocycles. The van der Waals surface area contributed by atoms with E-state index in [-0.39, 0.29) is 0 Å². The molecule has 132 valence electrons. The smallest absolute Gasteiger partial charge is 0.131 e. The Morgan fingerprint density at radius 3 is 2.58 bits per heavy atom. The van der Waals surface area contributed by atoms with Gasteiger partial charge in [0.2, 0.25) is 0 Å². The standard InChI is InChI=1S/C20H21N5O/c1-13(2)9-20(26,19-11-21-12-22-19)17-6-5-14-7-16(4-3-15(14)8-17)18-10-23-25-24-18/h3-8,10-13,26H,9H2,1-2H3,(H,21,22)(H,23,24,25). The van der Waals surface area contributed by atoms with Crippen molar-refractivity contribution in [3.63, 3.8) is 0 Å². The topological polar surface area (TPSA) is 90.5 Å². The van der Waals surface area contributed by atoms with Crippen LogP contribution in [0.3, 0.4) is 0 Å². The summed E-state index contributed by atoms with van der Waals surface area (Å²) in [4.78, 5) is 7.17. The highest BCUT2D eigenvalue weighted by molar-refractivity contribution is 5.87. The number of rotatable bonds is 5. The summed E-state index contributed by atoms with van der Waals surface area (Å²) < 4.78 is 0. The lowest BCUT2D eigenvalue weighted by atomic mass is 9.82. The van der Waals surface area contributed by atoms with Crippen LogP contribution in [0.2, 0.25) is 0 Å². The number of nitrogens with one attached hydrogen (secondary N) is 2. The summed E-state index contributed by atoms with van der Waals surface area (Å²) in [5.74, 6) is 0.327. The van der Waals surface area contributed by atoms with E-state index in [0.29, 0.717) is 18.0 Å². The van der Waals surface area contributed by atoms with Gasteiger partial charge in [0.15, 0.2) is 0 Å². The summed E-state index contributed by atoms with van der Waals surface area (Å²) in [6.45, 7) is 4.21. The van der Waals surface area contributed by atoms with E-state index in [1.807, 2.05) is 30.3 Å². The van der Waals surface area contributed by atoms with E-state index < -0.39 is 5.60 Å². The molecule has 2 heterocycles. The van der Waals surface area contributed by atoms with Crippen LogP contribution in [0.1, 0.15) is 31.5 Å².